The van der Waals surface area contributed by atoms with E-state index in [1.54, 1.807) is 6.92 Å². The van der Waals surface area contributed by atoms with Gasteiger partial charge in [-0.1, -0.05) is 24.3 Å². The SMILES string of the molecule is COCCOC(=O)c1c(NC(=O)CN(C)C2CCCc3ccccc32)sc(C(N)=O)c1C. The highest BCUT2D eigenvalue weighted by Gasteiger charge is 2.28. The smallest absolute Gasteiger partial charge is 0.341 e. The molecule has 1 aromatic carbocycles. The predicted octanol–water partition coefficient (Wildman–Crippen LogP) is 2.91. The van der Waals surface area contributed by atoms with E-state index in [1.807, 2.05) is 24.1 Å². The lowest BCUT2D eigenvalue weighted by atomic mass is 9.87. The van der Waals surface area contributed by atoms with Gasteiger partial charge in [0.15, 0.2) is 0 Å². The molecule has 8 nitrogen and oxygen atoms in total. The average molecular weight is 460 g/mol. The number of aryl methyl sites for hydroxylation is 1. The van der Waals surface area contributed by atoms with Gasteiger partial charge in [-0.25, -0.2) is 4.79 Å². The van der Waals surface area contributed by atoms with E-state index in [4.69, 9.17) is 15.2 Å². The second kappa shape index (κ2) is 10.7. The number of likely N-dealkylation sites (N-methyl/N-ethyl adjacent to an activating group) is 1. The topological polar surface area (TPSA) is 111 Å². The number of benzene rings is 1. The van der Waals surface area contributed by atoms with E-state index < -0.39 is 11.9 Å². The molecule has 3 rings (SSSR count). The van der Waals surface area contributed by atoms with Gasteiger partial charge in [0.05, 0.1) is 23.6 Å². The third-order valence-electron chi connectivity index (χ3n) is 5.61. The van der Waals surface area contributed by atoms with Crippen molar-refractivity contribution in [3.8, 4) is 0 Å². The summed E-state index contributed by atoms with van der Waals surface area (Å²) in [5.41, 5.74) is 8.57. The first kappa shape index (κ1) is 23.9. The van der Waals surface area contributed by atoms with Crippen molar-refractivity contribution in [3.63, 3.8) is 0 Å². The molecule has 0 spiro atoms. The number of hydrogen-bond donors (Lipinski definition) is 2. The first-order chi connectivity index (χ1) is 15.3. The van der Waals surface area contributed by atoms with E-state index in [9.17, 15) is 14.4 Å². The number of nitrogens with one attached hydrogen (secondary N) is 1. The Hall–Kier alpha value is -2.75. The zero-order valence-corrected chi connectivity index (χ0v) is 19.4. The number of amides is 2. The fourth-order valence-corrected chi connectivity index (χ4v) is 5.12. The minimum absolute atomic E-state index is 0.0632. The minimum atomic E-state index is -0.658. The van der Waals surface area contributed by atoms with Gasteiger partial charge in [0.1, 0.15) is 11.6 Å². The molecule has 2 aromatic rings. The lowest BCUT2D eigenvalue weighted by Gasteiger charge is -2.32. The fourth-order valence-electron chi connectivity index (χ4n) is 4.06. The molecule has 0 aliphatic heterocycles. The summed E-state index contributed by atoms with van der Waals surface area (Å²) in [7, 11) is 3.42. The Morgan fingerprint density at radius 1 is 1.25 bits per heavy atom. The predicted molar refractivity (Wildman–Crippen MR) is 123 cm³/mol. The van der Waals surface area contributed by atoms with Crippen molar-refractivity contribution in [1.29, 1.82) is 0 Å². The van der Waals surface area contributed by atoms with Crippen LogP contribution in [0.1, 0.15) is 55.6 Å². The number of rotatable bonds is 9. The van der Waals surface area contributed by atoms with Crippen molar-refractivity contribution in [2.75, 3.05) is 39.2 Å². The Labute approximate surface area is 191 Å². The molecular weight excluding hydrogens is 430 g/mol. The number of fused-ring (bicyclic) bond motifs is 1. The summed E-state index contributed by atoms with van der Waals surface area (Å²) < 4.78 is 10.1. The van der Waals surface area contributed by atoms with Crippen LogP contribution in [0.4, 0.5) is 5.00 Å². The Balaban J connectivity index is 1.75. The summed E-state index contributed by atoms with van der Waals surface area (Å²) in [5, 5.41) is 3.05. The van der Waals surface area contributed by atoms with Gasteiger partial charge < -0.3 is 20.5 Å². The fraction of sp³-hybridized carbons (Fsp3) is 0.435. The number of hydrogen-bond acceptors (Lipinski definition) is 7. The second-order valence-electron chi connectivity index (χ2n) is 7.82. The molecule has 172 valence electrons. The third-order valence-corrected chi connectivity index (χ3v) is 6.83. The van der Waals surface area contributed by atoms with Crippen molar-refractivity contribution >= 4 is 34.1 Å². The number of esters is 1. The van der Waals surface area contributed by atoms with Gasteiger partial charge in [-0.15, -0.1) is 11.3 Å². The number of carbonyl (C=O) groups is 3. The summed E-state index contributed by atoms with van der Waals surface area (Å²) in [6.45, 7) is 2.06. The highest BCUT2D eigenvalue weighted by atomic mass is 32.1. The molecule has 3 N–H and O–H groups in total. The van der Waals surface area contributed by atoms with Crippen LogP contribution in [0.3, 0.4) is 0 Å². The van der Waals surface area contributed by atoms with Crippen molar-refractivity contribution in [3.05, 3.63) is 51.4 Å². The molecule has 0 radical (unpaired) electrons. The standard InChI is InChI=1S/C23H29N3O5S/c1-14-19(23(29)31-12-11-30-3)22(32-20(14)21(24)28)25-18(27)13-26(2)17-10-6-8-15-7-4-5-9-16(15)17/h4-5,7,9,17H,6,8,10-13H2,1-3H3,(H2,24,28)(H,25,27). The summed E-state index contributed by atoms with van der Waals surface area (Å²) in [6.07, 6.45) is 3.09. The molecule has 32 heavy (non-hydrogen) atoms. The van der Waals surface area contributed by atoms with Crippen molar-refractivity contribution in [2.24, 2.45) is 5.73 Å². The van der Waals surface area contributed by atoms with E-state index in [-0.39, 0.29) is 47.1 Å². The maximum Gasteiger partial charge on any atom is 0.341 e. The van der Waals surface area contributed by atoms with E-state index in [1.165, 1.54) is 18.2 Å². The van der Waals surface area contributed by atoms with E-state index >= 15 is 0 Å². The van der Waals surface area contributed by atoms with Gasteiger partial charge >= 0.3 is 5.97 Å². The Morgan fingerprint density at radius 3 is 2.72 bits per heavy atom. The number of anilines is 1. The number of primary amides is 1. The van der Waals surface area contributed by atoms with Gasteiger partial charge in [-0.3, -0.25) is 14.5 Å². The molecular formula is C23H29N3O5S. The molecule has 1 unspecified atom stereocenters. The van der Waals surface area contributed by atoms with Crippen LogP contribution in [0.2, 0.25) is 0 Å². The normalized spacial score (nSPS) is 15.3. The zero-order valence-electron chi connectivity index (χ0n) is 18.6. The van der Waals surface area contributed by atoms with E-state index in [0.717, 1.165) is 30.6 Å². The molecule has 1 heterocycles. The summed E-state index contributed by atoms with van der Waals surface area (Å²) in [4.78, 5) is 39.5. The van der Waals surface area contributed by atoms with Crippen LogP contribution in [0.25, 0.3) is 0 Å². The van der Waals surface area contributed by atoms with Crippen LogP contribution < -0.4 is 11.1 Å². The molecule has 2 amide bonds. The summed E-state index contributed by atoms with van der Waals surface area (Å²) in [5.74, 6) is -1.57. The van der Waals surface area contributed by atoms with Crippen LogP contribution in [0.15, 0.2) is 24.3 Å². The molecule has 0 saturated carbocycles. The molecule has 0 bridgehead atoms. The molecule has 0 saturated heterocycles. The molecule has 1 aromatic heterocycles. The zero-order chi connectivity index (χ0) is 23.3. The highest BCUT2D eigenvalue weighted by molar-refractivity contribution is 7.18. The van der Waals surface area contributed by atoms with Gasteiger partial charge in [0.2, 0.25) is 5.91 Å². The minimum Gasteiger partial charge on any atom is -0.460 e. The van der Waals surface area contributed by atoms with Crippen molar-refractivity contribution in [2.45, 2.75) is 32.2 Å². The highest BCUT2D eigenvalue weighted by Crippen LogP contribution is 2.35. The number of thiophene rings is 1. The Morgan fingerprint density at radius 2 is 2.00 bits per heavy atom. The quantitative estimate of drug-likeness (QED) is 0.441. The third kappa shape index (κ3) is 5.35. The largest absolute Gasteiger partial charge is 0.460 e. The Kier molecular flexibility index (Phi) is 8.00. The molecule has 1 aliphatic rings. The van der Waals surface area contributed by atoms with Crippen LogP contribution in [-0.4, -0.2) is 56.6 Å². The molecule has 9 heteroatoms. The van der Waals surface area contributed by atoms with E-state index in [0.29, 0.717) is 5.56 Å². The second-order valence-corrected chi connectivity index (χ2v) is 8.84. The number of carbonyl (C=O) groups excluding carboxylic acids is 3. The van der Waals surface area contributed by atoms with Crippen LogP contribution in [0.5, 0.6) is 0 Å². The summed E-state index contributed by atoms with van der Waals surface area (Å²) >= 11 is 0.984. The van der Waals surface area contributed by atoms with Gasteiger partial charge in [0, 0.05) is 13.2 Å². The van der Waals surface area contributed by atoms with Crippen molar-refractivity contribution < 1.29 is 23.9 Å². The Bertz CT molecular complexity index is 1000. The first-order valence-electron chi connectivity index (χ1n) is 10.5. The number of methoxy groups -OCH3 is 1. The maximum atomic E-state index is 12.9. The van der Waals surface area contributed by atoms with E-state index in [2.05, 4.69) is 17.4 Å². The van der Waals surface area contributed by atoms with Gasteiger partial charge in [-0.2, -0.15) is 0 Å². The maximum absolute atomic E-state index is 12.9. The first-order valence-corrected chi connectivity index (χ1v) is 11.3. The monoisotopic (exact) mass is 459 g/mol. The molecule has 0 fully saturated rings. The average Bonchev–Trinajstić information content (AvgIpc) is 3.09. The van der Waals surface area contributed by atoms with Gasteiger partial charge in [-0.05, 0) is 49.9 Å². The molecule has 1 atom stereocenters. The van der Waals surface area contributed by atoms with Crippen LogP contribution >= 0.6 is 11.3 Å². The van der Waals surface area contributed by atoms with Gasteiger partial charge in [0.25, 0.3) is 5.91 Å². The lowest BCUT2D eigenvalue weighted by Crippen LogP contribution is -2.35. The number of nitrogens with two attached hydrogens (primary N) is 1. The van der Waals surface area contributed by atoms with Crippen LogP contribution in [0, 0.1) is 6.92 Å². The number of ether oxygens (including phenoxy) is 2. The van der Waals surface area contributed by atoms with Crippen LogP contribution in [-0.2, 0) is 20.7 Å². The molecule has 1 aliphatic carbocycles. The lowest BCUT2D eigenvalue weighted by molar-refractivity contribution is -0.117. The van der Waals surface area contributed by atoms with Crippen molar-refractivity contribution in [1.82, 2.24) is 4.90 Å². The summed E-state index contributed by atoms with van der Waals surface area (Å²) in [6, 6.07) is 8.46. The number of nitrogens with zero attached hydrogens (tertiary/aromatic N) is 1.